The third-order valence-electron chi connectivity index (χ3n) is 6.22. The molecule has 0 spiro atoms. The molecule has 1 saturated heterocycles. The molecule has 2 unspecified atom stereocenters. The van der Waals surface area contributed by atoms with Gasteiger partial charge in [0.1, 0.15) is 5.76 Å². The van der Waals surface area contributed by atoms with E-state index in [0.717, 1.165) is 23.1 Å². The summed E-state index contributed by atoms with van der Waals surface area (Å²) in [5.41, 5.74) is 6.00. The predicted molar refractivity (Wildman–Crippen MR) is 129 cm³/mol. The van der Waals surface area contributed by atoms with Gasteiger partial charge in [-0.05, 0) is 67.5 Å². The Morgan fingerprint density at radius 3 is 2.53 bits per heavy atom. The van der Waals surface area contributed by atoms with Crippen LogP contribution < -0.4 is 5.32 Å². The predicted octanol–water partition coefficient (Wildman–Crippen LogP) is 5.31. The minimum Gasteiger partial charge on any atom is -0.467 e. The first kappa shape index (κ1) is 20.5. The van der Waals surface area contributed by atoms with Gasteiger partial charge in [0.25, 0.3) is 0 Å². The van der Waals surface area contributed by atoms with Crippen LogP contribution in [-0.4, -0.2) is 19.6 Å². The summed E-state index contributed by atoms with van der Waals surface area (Å²) in [4.78, 5) is 6.87. The molecule has 1 aliphatic rings. The fourth-order valence-corrected chi connectivity index (χ4v) is 4.93. The Labute approximate surface area is 193 Å². The van der Waals surface area contributed by atoms with Crippen LogP contribution in [0.2, 0.25) is 0 Å². The van der Waals surface area contributed by atoms with Crippen LogP contribution in [0.5, 0.6) is 0 Å². The summed E-state index contributed by atoms with van der Waals surface area (Å²) in [5, 5.41) is 4.25. The van der Waals surface area contributed by atoms with E-state index in [0.29, 0.717) is 6.54 Å². The third-order valence-corrected chi connectivity index (χ3v) is 6.57. The highest BCUT2D eigenvalue weighted by molar-refractivity contribution is 7.80. The number of thiocarbonyl (C=S) groups is 1. The lowest BCUT2D eigenvalue weighted by Gasteiger charge is -2.27. The van der Waals surface area contributed by atoms with Crippen molar-refractivity contribution in [1.29, 1.82) is 0 Å². The van der Waals surface area contributed by atoms with Gasteiger partial charge < -0.3 is 19.2 Å². The Bertz CT molecular complexity index is 1200. The minimum absolute atomic E-state index is 0.0122. The molecule has 2 atom stereocenters. The summed E-state index contributed by atoms with van der Waals surface area (Å²) >= 11 is 5.79. The van der Waals surface area contributed by atoms with E-state index < -0.39 is 0 Å². The van der Waals surface area contributed by atoms with Crippen molar-refractivity contribution in [3.8, 4) is 0 Å². The summed E-state index contributed by atoms with van der Waals surface area (Å²) in [7, 11) is 0. The topological polar surface area (TPSA) is 46.2 Å². The highest BCUT2D eigenvalue weighted by Crippen LogP contribution is 2.41. The molecule has 0 bridgehead atoms. The highest BCUT2D eigenvalue weighted by atomic mass is 32.1. The first-order valence-electron chi connectivity index (χ1n) is 10.8. The number of pyridine rings is 1. The lowest BCUT2D eigenvalue weighted by Crippen LogP contribution is -2.29. The van der Waals surface area contributed by atoms with Crippen LogP contribution in [0.4, 0.5) is 0 Å². The molecule has 1 fully saturated rings. The lowest BCUT2D eigenvalue weighted by molar-refractivity contribution is 0.286. The van der Waals surface area contributed by atoms with Gasteiger partial charge in [-0.1, -0.05) is 36.4 Å². The van der Waals surface area contributed by atoms with Crippen LogP contribution >= 0.6 is 12.2 Å². The molecule has 5 nitrogen and oxygen atoms in total. The number of nitrogens with one attached hydrogen (secondary N) is 1. The number of hydrogen-bond acceptors (Lipinski definition) is 3. The summed E-state index contributed by atoms with van der Waals surface area (Å²) in [6.07, 6.45) is 3.55. The van der Waals surface area contributed by atoms with Gasteiger partial charge in [-0.15, -0.1) is 0 Å². The third kappa shape index (κ3) is 3.82. The lowest BCUT2D eigenvalue weighted by atomic mass is 9.96. The number of aromatic nitrogens is 2. The Kier molecular flexibility index (Phi) is 5.53. The van der Waals surface area contributed by atoms with Crippen molar-refractivity contribution in [1.82, 2.24) is 19.8 Å². The van der Waals surface area contributed by atoms with Crippen LogP contribution in [0.15, 0.2) is 83.6 Å². The maximum Gasteiger partial charge on any atom is 0.170 e. The summed E-state index contributed by atoms with van der Waals surface area (Å²) in [6, 6.07) is 22.8. The van der Waals surface area contributed by atoms with E-state index >= 15 is 0 Å². The maximum absolute atomic E-state index is 5.79. The SMILES string of the molecule is Cc1cc(C2C(c3ccccn3)NC(=S)N2Cc2ccco2)c(C)n1Cc1ccccc1. The number of rotatable bonds is 6. The quantitative estimate of drug-likeness (QED) is 0.410. The zero-order chi connectivity index (χ0) is 22.1. The average Bonchev–Trinajstić information content (AvgIpc) is 3.51. The van der Waals surface area contributed by atoms with Crippen LogP contribution in [0.25, 0.3) is 0 Å². The van der Waals surface area contributed by atoms with Gasteiger partial charge in [0.2, 0.25) is 0 Å². The normalized spacial score (nSPS) is 18.2. The van der Waals surface area contributed by atoms with E-state index in [1.165, 1.54) is 22.5 Å². The van der Waals surface area contributed by atoms with E-state index in [2.05, 4.69) is 76.1 Å². The second-order valence-electron chi connectivity index (χ2n) is 8.23. The molecular formula is C26H26N4OS. The molecule has 5 rings (SSSR count). The van der Waals surface area contributed by atoms with Gasteiger partial charge in [-0.2, -0.15) is 0 Å². The van der Waals surface area contributed by atoms with E-state index in [1.807, 2.05) is 30.5 Å². The van der Waals surface area contributed by atoms with E-state index in [1.54, 1.807) is 6.26 Å². The molecule has 0 amide bonds. The van der Waals surface area contributed by atoms with Gasteiger partial charge in [0.15, 0.2) is 5.11 Å². The molecule has 1 aromatic carbocycles. The first-order valence-corrected chi connectivity index (χ1v) is 11.2. The molecule has 3 aromatic heterocycles. The molecule has 162 valence electrons. The summed E-state index contributed by atoms with van der Waals surface area (Å²) in [6.45, 7) is 5.82. The molecule has 0 aliphatic carbocycles. The second-order valence-corrected chi connectivity index (χ2v) is 8.62. The molecule has 0 radical (unpaired) electrons. The van der Waals surface area contributed by atoms with Crippen molar-refractivity contribution in [2.24, 2.45) is 0 Å². The molecule has 6 heteroatoms. The van der Waals surface area contributed by atoms with Crippen molar-refractivity contribution < 1.29 is 4.42 Å². The highest BCUT2D eigenvalue weighted by Gasteiger charge is 2.41. The molecule has 32 heavy (non-hydrogen) atoms. The van der Waals surface area contributed by atoms with Crippen molar-refractivity contribution in [3.63, 3.8) is 0 Å². The van der Waals surface area contributed by atoms with Gasteiger partial charge in [-0.25, -0.2) is 0 Å². The Morgan fingerprint density at radius 2 is 1.81 bits per heavy atom. The van der Waals surface area contributed by atoms with Gasteiger partial charge in [0, 0.05) is 24.1 Å². The average molecular weight is 443 g/mol. The smallest absolute Gasteiger partial charge is 0.170 e. The van der Waals surface area contributed by atoms with E-state index in [-0.39, 0.29) is 12.1 Å². The van der Waals surface area contributed by atoms with E-state index in [9.17, 15) is 0 Å². The Morgan fingerprint density at radius 1 is 1.00 bits per heavy atom. The van der Waals surface area contributed by atoms with Crippen molar-refractivity contribution in [2.75, 3.05) is 0 Å². The maximum atomic E-state index is 5.79. The standard InChI is InChI=1S/C26H26N4OS/c1-18-15-22(19(2)29(18)16-20-9-4-3-5-10-20)25-24(23-12-6-7-13-27-23)28-26(32)30(25)17-21-11-8-14-31-21/h3-15,24-25H,16-17H2,1-2H3,(H,28,32). The monoisotopic (exact) mass is 442 g/mol. The van der Waals surface area contributed by atoms with Crippen LogP contribution in [0.1, 0.15) is 46.1 Å². The largest absolute Gasteiger partial charge is 0.467 e. The molecule has 0 saturated carbocycles. The van der Waals surface area contributed by atoms with Crippen LogP contribution in [0, 0.1) is 13.8 Å². The number of nitrogens with zero attached hydrogens (tertiary/aromatic N) is 3. The number of benzene rings is 1. The van der Waals surface area contributed by atoms with Crippen LogP contribution in [-0.2, 0) is 13.1 Å². The van der Waals surface area contributed by atoms with E-state index in [4.69, 9.17) is 16.6 Å². The molecule has 1 aliphatic heterocycles. The molecule has 4 heterocycles. The first-order chi connectivity index (χ1) is 15.6. The molecule has 1 N–H and O–H groups in total. The van der Waals surface area contributed by atoms with Gasteiger partial charge in [-0.3, -0.25) is 4.98 Å². The molecule has 4 aromatic rings. The number of hydrogen-bond donors (Lipinski definition) is 1. The van der Waals surface area contributed by atoms with Crippen molar-refractivity contribution in [2.45, 2.75) is 39.0 Å². The fourth-order valence-electron chi connectivity index (χ4n) is 4.62. The molecular weight excluding hydrogens is 416 g/mol. The fraction of sp³-hybridized carbons (Fsp3) is 0.231. The van der Waals surface area contributed by atoms with Crippen molar-refractivity contribution >= 4 is 17.3 Å². The summed E-state index contributed by atoms with van der Waals surface area (Å²) in [5.74, 6) is 0.888. The Balaban J connectivity index is 1.56. The second kappa shape index (κ2) is 8.63. The van der Waals surface area contributed by atoms with Gasteiger partial charge in [0.05, 0.1) is 30.6 Å². The Hall–Kier alpha value is -3.38. The van der Waals surface area contributed by atoms with Crippen LogP contribution in [0.3, 0.4) is 0 Å². The summed E-state index contributed by atoms with van der Waals surface area (Å²) < 4.78 is 8.04. The minimum atomic E-state index is -0.0377. The zero-order valence-electron chi connectivity index (χ0n) is 18.2. The number of furan rings is 1. The number of aryl methyl sites for hydroxylation is 1. The zero-order valence-corrected chi connectivity index (χ0v) is 19.0. The van der Waals surface area contributed by atoms with Crippen molar-refractivity contribution in [3.05, 3.63) is 113 Å². The van der Waals surface area contributed by atoms with Gasteiger partial charge >= 0.3 is 0 Å².